The lowest BCUT2D eigenvalue weighted by molar-refractivity contribution is 0.0954. The van der Waals surface area contributed by atoms with Gasteiger partial charge in [-0.1, -0.05) is 18.2 Å². The fraction of sp³-hybridized carbons (Fsp3) is 0.176. The lowest BCUT2D eigenvalue weighted by atomic mass is 10.1. The minimum Gasteiger partial charge on any atom is -0.352 e. The van der Waals surface area contributed by atoms with Gasteiger partial charge in [0.25, 0.3) is 5.91 Å². The summed E-state index contributed by atoms with van der Waals surface area (Å²) in [5, 5.41) is 4.18. The second-order valence-corrected chi connectivity index (χ2v) is 5.03. The highest BCUT2D eigenvalue weighted by Crippen LogP contribution is 2.20. The van der Waals surface area contributed by atoms with Gasteiger partial charge in [-0.2, -0.15) is 0 Å². The zero-order valence-electron chi connectivity index (χ0n) is 11.9. The number of amides is 1. The molecule has 0 radical (unpaired) electrons. The van der Waals surface area contributed by atoms with Crippen LogP contribution in [0, 0.1) is 0 Å². The van der Waals surface area contributed by atoms with E-state index in [-0.39, 0.29) is 5.91 Å². The summed E-state index contributed by atoms with van der Waals surface area (Å²) in [5.74, 6) is -0.0802. The quantitative estimate of drug-likeness (QED) is 0.798. The van der Waals surface area contributed by atoms with Crippen LogP contribution in [0.4, 0.5) is 0 Å². The second-order valence-electron chi connectivity index (χ2n) is 5.03. The van der Waals surface area contributed by atoms with E-state index in [1.165, 1.54) is 16.5 Å². The van der Waals surface area contributed by atoms with Gasteiger partial charge in [0.15, 0.2) is 0 Å². The first-order chi connectivity index (χ1) is 10.3. The summed E-state index contributed by atoms with van der Waals surface area (Å²) in [6.45, 7) is 0.613. The van der Waals surface area contributed by atoms with E-state index in [1.54, 1.807) is 24.5 Å². The predicted molar refractivity (Wildman–Crippen MR) is 83.2 cm³/mol. The molecule has 21 heavy (non-hydrogen) atoms. The lowest BCUT2D eigenvalue weighted by Crippen LogP contribution is -2.25. The molecular formula is C17H17N3O. The van der Waals surface area contributed by atoms with Crippen molar-refractivity contribution in [1.82, 2.24) is 14.9 Å². The first kappa shape index (κ1) is 13.4. The van der Waals surface area contributed by atoms with Crippen LogP contribution in [0.2, 0.25) is 0 Å². The van der Waals surface area contributed by atoms with Gasteiger partial charge in [0.1, 0.15) is 0 Å². The Balaban J connectivity index is 1.66. The number of rotatable bonds is 4. The molecule has 1 N–H and O–H groups in total. The van der Waals surface area contributed by atoms with E-state index < -0.39 is 0 Å². The first-order valence-corrected chi connectivity index (χ1v) is 6.97. The van der Waals surface area contributed by atoms with Crippen molar-refractivity contribution in [2.45, 2.75) is 6.42 Å². The van der Waals surface area contributed by atoms with Crippen LogP contribution in [0.5, 0.6) is 0 Å². The summed E-state index contributed by atoms with van der Waals surface area (Å²) in [5.41, 5.74) is 3.06. The molecule has 1 aromatic carbocycles. The van der Waals surface area contributed by atoms with Gasteiger partial charge in [-0.25, -0.2) is 0 Å². The fourth-order valence-electron chi connectivity index (χ4n) is 2.53. The Labute approximate surface area is 123 Å². The standard InChI is InChI=1S/C17H17N3O/c1-20-12-14(15-6-2-3-7-16(15)20)8-10-19-17(21)13-5-4-9-18-11-13/h2-7,9,11-12H,8,10H2,1H3,(H,19,21). The van der Waals surface area contributed by atoms with Crippen molar-refractivity contribution in [2.75, 3.05) is 6.54 Å². The summed E-state index contributed by atoms with van der Waals surface area (Å²) in [4.78, 5) is 15.9. The molecule has 1 amide bonds. The molecule has 0 unspecified atom stereocenters. The molecule has 0 aliphatic carbocycles. The van der Waals surface area contributed by atoms with E-state index in [0.717, 1.165) is 6.42 Å². The van der Waals surface area contributed by atoms with Gasteiger partial charge in [0.2, 0.25) is 0 Å². The molecule has 0 atom stereocenters. The number of nitrogens with one attached hydrogen (secondary N) is 1. The number of carbonyl (C=O) groups is 1. The Kier molecular flexibility index (Phi) is 3.69. The topological polar surface area (TPSA) is 46.9 Å². The van der Waals surface area contributed by atoms with Crippen LogP contribution in [0.15, 0.2) is 55.0 Å². The maximum absolute atomic E-state index is 11.9. The third kappa shape index (κ3) is 2.79. The van der Waals surface area contributed by atoms with Crippen molar-refractivity contribution >= 4 is 16.8 Å². The minimum atomic E-state index is -0.0802. The van der Waals surface area contributed by atoms with Crippen molar-refractivity contribution in [3.05, 3.63) is 66.1 Å². The lowest BCUT2D eigenvalue weighted by Gasteiger charge is -2.04. The Morgan fingerprint density at radius 2 is 2.10 bits per heavy atom. The van der Waals surface area contributed by atoms with E-state index in [2.05, 4.69) is 33.2 Å². The number of hydrogen-bond acceptors (Lipinski definition) is 2. The number of nitrogens with zero attached hydrogens (tertiary/aromatic N) is 2. The predicted octanol–water partition coefficient (Wildman–Crippen LogP) is 2.55. The maximum atomic E-state index is 11.9. The molecule has 106 valence electrons. The van der Waals surface area contributed by atoms with E-state index in [9.17, 15) is 4.79 Å². The van der Waals surface area contributed by atoms with Gasteiger partial charge < -0.3 is 9.88 Å². The fourth-order valence-corrected chi connectivity index (χ4v) is 2.53. The highest BCUT2D eigenvalue weighted by atomic mass is 16.1. The summed E-state index contributed by atoms with van der Waals surface area (Å²) < 4.78 is 2.12. The van der Waals surface area contributed by atoms with E-state index in [4.69, 9.17) is 0 Å². The summed E-state index contributed by atoms with van der Waals surface area (Å²) in [6.07, 6.45) is 6.17. The number of benzene rings is 1. The number of aromatic nitrogens is 2. The highest BCUT2D eigenvalue weighted by molar-refractivity contribution is 5.93. The van der Waals surface area contributed by atoms with Gasteiger partial charge in [-0.05, 0) is 30.2 Å². The molecule has 0 bridgehead atoms. The molecule has 0 spiro atoms. The molecule has 2 heterocycles. The van der Waals surface area contributed by atoms with Crippen LogP contribution in [-0.4, -0.2) is 22.0 Å². The van der Waals surface area contributed by atoms with Gasteiger partial charge >= 0.3 is 0 Å². The van der Waals surface area contributed by atoms with Gasteiger partial charge in [-0.3, -0.25) is 9.78 Å². The number of hydrogen-bond donors (Lipinski definition) is 1. The maximum Gasteiger partial charge on any atom is 0.252 e. The summed E-state index contributed by atoms with van der Waals surface area (Å²) in [7, 11) is 2.04. The molecular weight excluding hydrogens is 262 g/mol. The molecule has 3 rings (SSSR count). The summed E-state index contributed by atoms with van der Waals surface area (Å²) >= 11 is 0. The average Bonchev–Trinajstić information content (AvgIpc) is 2.85. The van der Waals surface area contributed by atoms with Crippen molar-refractivity contribution in [1.29, 1.82) is 0 Å². The molecule has 0 aliphatic heterocycles. The van der Waals surface area contributed by atoms with Gasteiger partial charge in [-0.15, -0.1) is 0 Å². The van der Waals surface area contributed by atoms with Gasteiger partial charge in [0, 0.05) is 43.1 Å². The van der Waals surface area contributed by atoms with Crippen LogP contribution >= 0.6 is 0 Å². The first-order valence-electron chi connectivity index (χ1n) is 6.97. The number of fused-ring (bicyclic) bond motifs is 1. The second kappa shape index (κ2) is 5.79. The zero-order valence-corrected chi connectivity index (χ0v) is 11.9. The molecule has 4 nitrogen and oxygen atoms in total. The zero-order chi connectivity index (χ0) is 14.7. The third-order valence-corrected chi connectivity index (χ3v) is 3.58. The number of carbonyl (C=O) groups excluding carboxylic acids is 1. The summed E-state index contributed by atoms with van der Waals surface area (Å²) in [6, 6.07) is 11.8. The molecule has 3 aromatic rings. The average molecular weight is 279 g/mol. The van der Waals surface area contributed by atoms with E-state index in [0.29, 0.717) is 12.1 Å². The largest absolute Gasteiger partial charge is 0.352 e. The number of pyridine rings is 1. The van der Waals surface area contributed by atoms with E-state index >= 15 is 0 Å². The van der Waals surface area contributed by atoms with Crippen molar-refractivity contribution in [3.63, 3.8) is 0 Å². The van der Waals surface area contributed by atoms with Crippen molar-refractivity contribution in [2.24, 2.45) is 7.05 Å². The van der Waals surface area contributed by atoms with Crippen LogP contribution in [0.25, 0.3) is 10.9 Å². The molecule has 0 fully saturated rings. The molecule has 0 saturated heterocycles. The molecule has 4 heteroatoms. The monoisotopic (exact) mass is 279 g/mol. The van der Waals surface area contributed by atoms with Gasteiger partial charge in [0.05, 0.1) is 5.56 Å². The Morgan fingerprint density at radius 3 is 2.90 bits per heavy atom. The van der Waals surface area contributed by atoms with Crippen LogP contribution in [-0.2, 0) is 13.5 Å². The minimum absolute atomic E-state index is 0.0802. The smallest absolute Gasteiger partial charge is 0.252 e. The molecule has 2 aromatic heterocycles. The molecule has 0 saturated carbocycles. The number of aryl methyl sites for hydroxylation is 1. The molecule has 0 aliphatic rings. The van der Waals surface area contributed by atoms with E-state index in [1.807, 2.05) is 19.2 Å². The van der Waals surface area contributed by atoms with Crippen molar-refractivity contribution < 1.29 is 4.79 Å². The Bertz CT molecular complexity index is 762. The van der Waals surface area contributed by atoms with Crippen molar-refractivity contribution in [3.8, 4) is 0 Å². The normalized spacial score (nSPS) is 10.7. The van der Waals surface area contributed by atoms with Crippen LogP contribution in [0.1, 0.15) is 15.9 Å². The highest BCUT2D eigenvalue weighted by Gasteiger charge is 2.07. The SMILES string of the molecule is Cn1cc(CCNC(=O)c2cccnc2)c2ccccc21. The third-order valence-electron chi connectivity index (χ3n) is 3.58. The van der Waals surface area contributed by atoms with Crippen LogP contribution in [0.3, 0.4) is 0 Å². The number of para-hydroxylation sites is 1. The Hall–Kier alpha value is -2.62. The van der Waals surface area contributed by atoms with Crippen LogP contribution < -0.4 is 5.32 Å². The Morgan fingerprint density at radius 1 is 1.24 bits per heavy atom.